The van der Waals surface area contributed by atoms with Gasteiger partial charge >= 0.3 is 0 Å². The quantitative estimate of drug-likeness (QED) is 0.514. The van der Waals surface area contributed by atoms with Crippen LogP contribution >= 0.6 is 23.4 Å². The molecule has 0 aromatic carbocycles. The van der Waals surface area contributed by atoms with Crippen molar-refractivity contribution < 1.29 is 0 Å². The van der Waals surface area contributed by atoms with Gasteiger partial charge in [-0.3, -0.25) is 4.90 Å². The van der Waals surface area contributed by atoms with E-state index in [4.69, 9.17) is 11.6 Å². The molecular weight excluding hydrogens is 190 g/mol. The van der Waals surface area contributed by atoms with Gasteiger partial charge in [-0.1, -0.05) is 12.2 Å². The summed E-state index contributed by atoms with van der Waals surface area (Å²) in [6.45, 7) is 3.56. The van der Waals surface area contributed by atoms with Crippen LogP contribution in [0.1, 0.15) is 6.42 Å². The van der Waals surface area contributed by atoms with Gasteiger partial charge in [-0.05, 0) is 18.7 Å². The lowest BCUT2D eigenvalue weighted by Crippen LogP contribution is -2.25. The molecule has 1 aliphatic rings. The van der Waals surface area contributed by atoms with Gasteiger partial charge < -0.3 is 0 Å². The van der Waals surface area contributed by atoms with Gasteiger partial charge in [-0.2, -0.15) is 11.8 Å². The topological polar surface area (TPSA) is 3.24 Å². The molecule has 0 amide bonds. The summed E-state index contributed by atoms with van der Waals surface area (Å²) in [6.07, 6.45) is 5.53. The van der Waals surface area contributed by atoms with Gasteiger partial charge in [0.25, 0.3) is 0 Å². The van der Waals surface area contributed by atoms with Crippen LogP contribution in [0.3, 0.4) is 0 Å². The highest BCUT2D eigenvalue weighted by molar-refractivity contribution is 7.99. The van der Waals surface area contributed by atoms with Crippen molar-refractivity contribution in [1.82, 2.24) is 4.90 Å². The van der Waals surface area contributed by atoms with E-state index in [1.807, 2.05) is 6.08 Å². The second-order valence-corrected chi connectivity index (χ2v) is 4.43. The smallest absolute Gasteiger partial charge is 0.0404 e. The SMILES string of the molecule is ClCC=CCN1CCCSCC1. The first-order valence-corrected chi connectivity index (χ1v) is 6.13. The molecule has 1 heterocycles. The van der Waals surface area contributed by atoms with E-state index >= 15 is 0 Å². The summed E-state index contributed by atoms with van der Waals surface area (Å²) in [7, 11) is 0. The summed E-state index contributed by atoms with van der Waals surface area (Å²) in [4.78, 5) is 2.49. The van der Waals surface area contributed by atoms with Crippen LogP contribution in [-0.4, -0.2) is 41.9 Å². The van der Waals surface area contributed by atoms with Gasteiger partial charge in [0, 0.05) is 24.7 Å². The first-order chi connectivity index (χ1) is 5.93. The fourth-order valence-corrected chi connectivity index (χ4v) is 2.32. The molecule has 1 aliphatic heterocycles. The summed E-state index contributed by atoms with van der Waals surface area (Å²) >= 11 is 7.61. The first-order valence-electron chi connectivity index (χ1n) is 4.44. The van der Waals surface area contributed by atoms with Crippen molar-refractivity contribution in [1.29, 1.82) is 0 Å². The molecule has 0 aromatic rings. The number of nitrogens with zero attached hydrogens (tertiary/aromatic N) is 1. The van der Waals surface area contributed by atoms with Crippen LogP contribution in [0.2, 0.25) is 0 Å². The molecule has 0 aliphatic carbocycles. The van der Waals surface area contributed by atoms with Gasteiger partial charge in [0.1, 0.15) is 0 Å². The van der Waals surface area contributed by atoms with Crippen molar-refractivity contribution in [3.05, 3.63) is 12.2 Å². The van der Waals surface area contributed by atoms with E-state index in [9.17, 15) is 0 Å². The molecular formula is C9H16ClNS. The molecule has 0 radical (unpaired) electrons. The first kappa shape index (κ1) is 10.4. The van der Waals surface area contributed by atoms with Crippen molar-refractivity contribution in [2.75, 3.05) is 37.0 Å². The molecule has 0 spiro atoms. The third kappa shape index (κ3) is 4.39. The number of hydrogen-bond acceptors (Lipinski definition) is 2. The molecule has 0 unspecified atom stereocenters. The minimum atomic E-state index is 0.641. The molecule has 0 N–H and O–H groups in total. The molecule has 0 atom stereocenters. The molecule has 0 saturated carbocycles. The van der Waals surface area contributed by atoms with E-state index in [0.717, 1.165) is 6.54 Å². The average molecular weight is 206 g/mol. The van der Waals surface area contributed by atoms with Gasteiger partial charge in [0.05, 0.1) is 0 Å². The Morgan fingerprint density at radius 2 is 2.17 bits per heavy atom. The predicted molar refractivity (Wildman–Crippen MR) is 58.2 cm³/mol. The molecule has 0 aromatic heterocycles. The Bertz CT molecular complexity index is 130. The zero-order chi connectivity index (χ0) is 8.65. The lowest BCUT2D eigenvalue weighted by molar-refractivity contribution is 0.327. The maximum Gasteiger partial charge on any atom is 0.0404 e. The van der Waals surface area contributed by atoms with Gasteiger partial charge in [-0.25, -0.2) is 0 Å². The summed E-state index contributed by atoms with van der Waals surface area (Å²) in [5, 5.41) is 0. The minimum absolute atomic E-state index is 0.641. The van der Waals surface area contributed by atoms with Crippen molar-refractivity contribution in [3.8, 4) is 0 Å². The number of halogens is 1. The Kier molecular flexibility index (Phi) is 5.92. The number of thioether (sulfide) groups is 1. The van der Waals surface area contributed by atoms with E-state index in [2.05, 4.69) is 22.7 Å². The molecule has 0 bridgehead atoms. The lowest BCUT2D eigenvalue weighted by atomic mass is 10.4. The Morgan fingerprint density at radius 3 is 3.00 bits per heavy atom. The Balaban J connectivity index is 2.16. The van der Waals surface area contributed by atoms with E-state index in [-0.39, 0.29) is 0 Å². The number of hydrogen-bond donors (Lipinski definition) is 0. The van der Waals surface area contributed by atoms with Crippen LogP contribution in [-0.2, 0) is 0 Å². The normalized spacial score (nSPS) is 21.4. The van der Waals surface area contributed by atoms with Crippen LogP contribution in [0.4, 0.5) is 0 Å². The second-order valence-electron chi connectivity index (χ2n) is 2.89. The molecule has 12 heavy (non-hydrogen) atoms. The van der Waals surface area contributed by atoms with Crippen LogP contribution in [0.25, 0.3) is 0 Å². The van der Waals surface area contributed by atoms with Crippen LogP contribution in [0.5, 0.6) is 0 Å². The zero-order valence-electron chi connectivity index (χ0n) is 7.34. The van der Waals surface area contributed by atoms with E-state index in [1.54, 1.807) is 0 Å². The summed E-state index contributed by atoms with van der Waals surface area (Å²) in [6, 6.07) is 0. The average Bonchev–Trinajstić information content (AvgIpc) is 2.33. The summed E-state index contributed by atoms with van der Waals surface area (Å²) < 4.78 is 0. The third-order valence-corrected chi connectivity index (χ3v) is 3.16. The van der Waals surface area contributed by atoms with Crippen LogP contribution < -0.4 is 0 Å². The fraction of sp³-hybridized carbons (Fsp3) is 0.778. The van der Waals surface area contributed by atoms with Crippen molar-refractivity contribution in [2.45, 2.75) is 6.42 Å². The molecule has 70 valence electrons. The van der Waals surface area contributed by atoms with Gasteiger partial charge in [0.2, 0.25) is 0 Å². The number of alkyl halides is 1. The minimum Gasteiger partial charge on any atom is -0.299 e. The summed E-state index contributed by atoms with van der Waals surface area (Å²) in [5.41, 5.74) is 0. The second kappa shape index (κ2) is 6.81. The predicted octanol–water partition coefficient (Wildman–Crippen LogP) is 2.22. The van der Waals surface area contributed by atoms with E-state index in [0.29, 0.717) is 5.88 Å². The Morgan fingerprint density at radius 1 is 1.25 bits per heavy atom. The fourth-order valence-electron chi connectivity index (χ4n) is 1.27. The zero-order valence-corrected chi connectivity index (χ0v) is 8.91. The number of allylic oxidation sites excluding steroid dienone is 1. The van der Waals surface area contributed by atoms with E-state index in [1.165, 1.54) is 31.0 Å². The van der Waals surface area contributed by atoms with Gasteiger partial charge in [-0.15, -0.1) is 11.6 Å². The summed E-state index contributed by atoms with van der Waals surface area (Å²) in [5.74, 6) is 3.26. The molecule has 1 saturated heterocycles. The Hall–Kier alpha value is 0.340. The third-order valence-electron chi connectivity index (χ3n) is 1.93. The standard InChI is InChI=1S/C9H16ClNS/c10-4-1-2-5-11-6-3-8-12-9-7-11/h1-2H,3-9H2. The highest BCUT2D eigenvalue weighted by atomic mass is 35.5. The van der Waals surface area contributed by atoms with Crippen LogP contribution in [0.15, 0.2) is 12.2 Å². The largest absolute Gasteiger partial charge is 0.299 e. The Labute approximate surface area is 84.1 Å². The molecule has 1 fully saturated rings. The van der Waals surface area contributed by atoms with Crippen LogP contribution in [0, 0.1) is 0 Å². The highest BCUT2D eigenvalue weighted by Gasteiger charge is 2.06. The van der Waals surface area contributed by atoms with Crippen molar-refractivity contribution in [3.63, 3.8) is 0 Å². The van der Waals surface area contributed by atoms with E-state index < -0.39 is 0 Å². The number of rotatable bonds is 3. The lowest BCUT2D eigenvalue weighted by Gasteiger charge is -2.16. The molecule has 1 rings (SSSR count). The molecule has 1 nitrogen and oxygen atoms in total. The van der Waals surface area contributed by atoms with Gasteiger partial charge in [0.15, 0.2) is 0 Å². The molecule has 3 heteroatoms. The van der Waals surface area contributed by atoms with Crippen molar-refractivity contribution >= 4 is 23.4 Å². The highest BCUT2D eigenvalue weighted by Crippen LogP contribution is 2.09. The maximum atomic E-state index is 5.54. The maximum absolute atomic E-state index is 5.54. The monoisotopic (exact) mass is 205 g/mol. The van der Waals surface area contributed by atoms with Crippen molar-refractivity contribution in [2.24, 2.45) is 0 Å².